The van der Waals surface area contributed by atoms with Crippen LogP contribution in [-0.2, 0) is 0 Å². The molecule has 0 bridgehead atoms. The molecular weight excluding hydrogens is 430 g/mol. The van der Waals surface area contributed by atoms with Crippen LogP contribution in [0.25, 0.3) is 0 Å². The average molecular weight is 458 g/mol. The number of amides is 3. The van der Waals surface area contributed by atoms with Crippen LogP contribution in [0.15, 0.2) is 72.8 Å². The number of carbonyl (C=O) groups excluding carboxylic acids is 3. The van der Waals surface area contributed by atoms with Gasteiger partial charge in [0.15, 0.2) is 0 Å². The molecule has 0 radical (unpaired) electrons. The van der Waals surface area contributed by atoms with Gasteiger partial charge in [-0.1, -0.05) is 35.9 Å². The molecule has 174 valence electrons. The van der Waals surface area contributed by atoms with Gasteiger partial charge in [0.2, 0.25) is 0 Å². The number of nitrogens with zero attached hydrogens (tertiary/aromatic N) is 2. The highest BCUT2D eigenvalue weighted by molar-refractivity contribution is 6.08. The number of hydrogen-bond donors (Lipinski definition) is 2. The first kappa shape index (κ1) is 23.2. The molecule has 0 atom stereocenters. The number of rotatable bonds is 5. The predicted molar refractivity (Wildman–Crippen MR) is 130 cm³/mol. The fourth-order valence-corrected chi connectivity index (χ4v) is 3.94. The number of carbonyl (C=O) groups is 3. The van der Waals surface area contributed by atoms with E-state index in [0.29, 0.717) is 40.5 Å². The summed E-state index contributed by atoms with van der Waals surface area (Å²) < 4.78 is 0. The Morgan fingerprint density at radius 1 is 0.824 bits per heavy atom. The van der Waals surface area contributed by atoms with Crippen LogP contribution >= 0.6 is 0 Å². The standard InChI is InChI=1S/C27H27N3O4/c1-19-10-12-20(13-11-19)25(31)28-23-16-22(26(32)29-14-6-3-7-15-29)17-24(18-23)30(34)27(33)21-8-4-2-5-9-21/h2,4-5,8-13,16-18,34H,3,6-7,14-15H2,1H3,(H,28,31). The van der Waals surface area contributed by atoms with Crippen LogP contribution in [0.4, 0.5) is 11.4 Å². The molecule has 1 saturated heterocycles. The SMILES string of the molecule is Cc1ccc(C(=O)Nc2cc(C(=O)N3CCCCC3)cc(N(O)C(=O)c3ccccc3)c2)cc1. The van der Waals surface area contributed by atoms with Crippen molar-refractivity contribution in [1.82, 2.24) is 4.90 Å². The Labute approximate surface area is 198 Å². The zero-order chi connectivity index (χ0) is 24.1. The molecule has 0 aromatic heterocycles. The third-order valence-corrected chi connectivity index (χ3v) is 5.84. The lowest BCUT2D eigenvalue weighted by molar-refractivity contribution is 0.0723. The zero-order valence-electron chi connectivity index (χ0n) is 19.0. The Morgan fingerprint density at radius 3 is 2.18 bits per heavy atom. The van der Waals surface area contributed by atoms with E-state index in [0.717, 1.165) is 24.8 Å². The van der Waals surface area contributed by atoms with Crippen molar-refractivity contribution in [2.24, 2.45) is 0 Å². The minimum atomic E-state index is -0.640. The van der Waals surface area contributed by atoms with Gasteiger partial charge in [0.25, 0.3) is 17.7 Å². The smallest absolute Gasteiger partial charge is 0.281 e. The second kappa shape index (κ2) is 10.3. The quantitative estimate of drug-likeness (QED) is 0.421. The Morgan fingerprint density at radius 2 is 1.50 bits per heavy atom. The Balaban J connectivity index is 1.66. The number of anilines is 2. The summed E-state index contributed by atoms with van der Waals surface area (Å²) in [5.41, 5.74) is 2.48. The summed E-state index contributed by atoms with van der Waals surface area (Å²) in [4.78, 5) is 40.6. The third kappa shape index (κ3) is 5.32. The van der Waals surface area contributed by atoms with Crippen LogP contribution in [0.2, 0.25) is 0 Å². The van der Waals surface area contributed by atoms with Crippen molar-refractivity contribution in [1.29, 1.82) is 0 Å². The van der Waals surface area contributed by atoms with Gasteiger partial charge in [-0.05, 0) is 68.7 Å². The fraction of sp³-hybridized carbons (Fsp3) is 0.222. The summed E-state index contributed by atoms with van der Waals surface area (Å²) in [6, 6.07) is 20.0. The van der Waals surface area contributed by atoms with Gasteiger partial charge in [-0.25, -0.2) is 0 Å². The normalized spacial score (nSPS) is 13.3. The van der Waals surface area contributed by atoms with Crippen molar-refractivity contribution in [3.05, 3.63) is 95.1 Å². The monoisotopic (exact) mass is 457 g/mol. The first-order chi connectivity index (χ1) is 16.4. The number of piperidine rings is 1. The molecule has 3 aromatic carbocycles. The van der Waals surface area contributed by atoms with Crippen molar-refractivity contribution >= 4 is 29.1 Å². The second-order valence-corrected chi connectivity index (χ2v) is 8.42. The molecule has 7 nitrogen and oxygen atoms in total. The van der Waals surface area contributed by atoms with Crippen molar-refractivity contribution in [3.63, 3.8) is 0 Å². The summed E-state index contributed by atoms with van der Waals surface area (Å²) in [7, 11) is 0. The number of likely N-dealkylation sites (tertiary alicyclic amines) is 1. The van der Waals surface area contributed by atoms with E-state index in [-0.39, 0.29) is 17.5 Å². The molecule has 1 heterocycles. The maximum Gasteiger partial charge on any atom is 0.281 e. The molecule has 2 N–H and O–H groups in total. The van der Waals surface area contributed by atoms with E-state index in [1.165, 1.54) is 12.1 Å². The number of nitrogens with one attached hydrogen (secondary N) is 1. The summed E-state index contributed by atoms with van der Waals surface area (Å²) in [6.07, 6.45) is 2.94. The van der Waals surface area contributed by atoms with Crippen LogP contribution in [0.1, 0.15) is 55.9 Å². The van der Waals surface area contributed by atoms with Gasteiger partial charge in [-0.15, -0.1) is 0 Å². The number of hydrogen-bond acceptors (Lipinski definition) is 4. The van der Waals surface area contributed by atoms with Gasteiger partial charge in [-0.3, -0.25) is 19.6 Å². The summed E-state index contributed by atoms with van der Waals surface area (Å²) in [5, 5.41) is 14.0. The number of benzene rings is 3. The van der Waals surface area contributed by atoms with Gasteiger partial charge in [0, 0.05) is 35.5 Å². The Bertz CT molecular complexity index is 1190. The molecule has 0 unspecified atom stereocenters. The van der Waals surface area contributed by atoms with Crippen LogP contribution in [0.5, 0.6) is 0 Å². The number of aryl methyl sites for hydroxylation is 1. The van der Waals surface area contributed by atoms with E-state index < -0.39 is 5.91 Å². The molecule has 34 heavy (non-hydrogen) atoms. The molecule has 4 rings (SSSR count). The molecule has 0 spiro atoms. The molecular formula is C27H27N3O4. The first-order valence-corrected chi connectivity index (χ1v) is 11.3. The van der Waals surface area contributed by atoms with E-state index in [1.54, 1.807) is 53.4 Å². The van der Waals surface area contributed by atoms with Crippen LogP contribution in [-0.4, -0.2) is 40.9 Å². The predicted octanol–water partition coefficient (Wildman–Crippen LogP) is 4.91. The number of hydroxylamine groups is 1. The molecule has 3 amide bonds. The molecule has 1 aliphatic rings. The maximum absolute atomic E-state index is 13.2. The average Bonchev–Trinajstić information content (AvgIpc) is 2.88. The van der Waals surface area contributed by atoms with Gasteiger partial charge in [-0.2, -0.15) is 5.06 Å². The lowest BCUT2D eigenvalue weighted by Gasteiger charge is -2.27. The molecule has 0 saturated carbocycles. The summed E-state index contributed by atoms with van der Waals surface area (Å²) in [5.74, 6) is -1.20. The Hall–Kier alpha value is -3.97. The van der Waals surface area contributed by atoms with Crippen molar-refractivity contribution in [2.45, 2.75) is 26.2 Å². The molecule has 3 aromatic rings. The minimum absolute atomic E-state index is 0.0934. The minimum Gasteiger partial charge on any atom is -0.339 e. The van der Waals surface area contributed by atoms with Crippen molar-refractivity contribution in [2.75, 3.05) is 23.5 Å². The van der Waals surface area contributed by atoms with Gasteiger partial charge >= 0.3 is 0 Å². The lowest BCUT2D eigenvalue weighted by atomic mass is 10.1. The topological polar surface area (TPSA) is 90.0 Å². The highest BCUT2D eigenvalue weighted by Gasteiger charge is 2.23. The van der Waals surface area contributed by atoms with E-state index in [1.807, 2.05) is 19.1 Å². The highest BCUT2D eigenvalue weighted by atomic mass is 16.5. The van der Waals surface area contributed by atoms with Crippen LogP contribution in [0.3, 0.4) is 0 Å². The molecule has 1 fully saturated rings. The second-order valence-electron chi connectivity index (χ2n) is 8.42. The van der Waals surface area contributed by atoms with Gasteiger partial charge < -0.3 is 10.2 Å². The first-order valence-electron chi connectivity index (χ1n) is 11.3. The van der Waals surface area contributed by atoms with E-state index >= 15 is 0 Å². The van der Waals surface area contributed by atoms with Crippen LogP contribution < -0.4 is 10.4 Å². The Kier molecular flexibility index (Phi) is 7.04. The lowest BCUT2D eigenvalue weighted by Crippen LogP contribution is -2.36. The molecule has 0 aliphatic carbocycles. The fourth-order valence-electron chi connectivity index (χ4n) is 3.94. The maximum atomic E-state index is 13.2. The van der Waals surface area contributed by atoms with Gasteiger partial charge in [0.05, 0.1) is 5.69 Å². The summed E-state index contributed by atoms with van der Waals surface area (Å²) >= 11 is 0. The highest BCUT2D eigenvalue weighted by Crippen LogP contribution is 2.26. The molecule has 1 aliphatic heterocycles. The van der Waals surface area contributed by atoms with E-state index in [2.05, 4.69) is 5.32 Å². The molecule has 7 heteroatoms. The van der Waals surface area contributed by atoms with E-state index in [9.17, 15) is 19.6 Å². The third-order valence-electron chi connectivity index (χ3n) is 5.84. The van der Waals surface area contributed by atoms with E-state index in [4.69, 9.17) is 0 Å². The largest absolute Gasteiger partial charge is 0.339 e. The van der Waals surface area contributed by atoms with Crippen molar-refractivity contribution in [3.8, 4) is 0 Å². The van der Waals surface area contributed by atoms with Crippen LogP contribution in [0, 0.1) is 6.92 Å². The van der Waals surface area contributed by atoms with Crippen molar-refractivity contribution < 1.29 is 19.6 Å². The zero-order valence-corrected chi connectivity index (χ0v) is 19.0. The summed E-state index contributed by atoms with van der Waals surface area (Å²) in [6.45, 7) is 3.24. The van der Waals surface area contributed by atoms with Gasteiger partial charge in [0.1, 0.15) is 0 Å².